The van der Waals surface area contributed by atoms with Crippen LogP contribution in [0, 0.1) is 0 Å². The number of thiophene rings is 1. The van der Waals surface area contributed by atoms with E-state index in [-0.39, 0.29) is 5.91 Å². The number of rotatable bonds is 2. The monoisotopic (exact) mass is 259 g/mol. The van der Waals surface area contributed by atoms with Gasteiger partial charge in [-0.25, -0.2) is 0 Å². The third kappa shape index (κ3) is 2.11. The van der Waals surface area contributed by atoms with Gasteiger partial charge >= 0.3 is 0 Å². The SMILES string of the molecule is O=C1CCC(Cc2sccc2Br)N1. The Morgan fingerprint density at radius 3 is 3.08 bits per heavy atom. The standard InChI is InChI=1S/C9H10BrNOS/c10-7-3-4-13-8(7)5-6-1-2-9(12)11-6/h3-4,6H,1-2,5H2,(H,11,12). The molecule has 13 heavy (non-hydrogen) atoms. The first kappa shape index (κ1) is 9.21. The number of halogens is 1. The maximum atomic E-state index is 10.9. The first-order valence-electron chi connectivity index (χ1n) is 4.27. The van der Waals surface area contributed by atoms with Crippen LogP contribution >= 0.6 is 27.3 Å². The number of hydrogen-bond acceptors (Lipinski definition) is 2. The molecule has 1 fully saturated rings. The van der Waals surface area contributed by atoms with Crippen molar-refractivity contribution in [2.24, 2.45) is 0 Å². The van der Waals surface area contributed by atoms with Crippen LogP contribution in [0.2, 0.25) is 0 Å². The molecule has 1 unspecified atom stereocenters. The second-order valence-electron chi connectivity index (χ2n) is 3.20. The molecule has 1 aliphatic heterocycles. The lowest BCUT2D eigenvalue weighted by atomic mass is 10.1. The van der Waals surface area contributed by atoms with E-state index in [2.05, 4.69) is 32.7 Å². The van der Waals surface area contributed by atoms with E-state index in [0.29, 0.717) is 12.5 Å². The fourth-order valence-electron chi connectivity index (χ4n) is 1.52. The lowest BCUT2D eigenvalue weighted by Gasteiger charge is -2.07. The van der Waals surface area contributed by atoms with Crippen LogP contribution in [-0.4, -0.2) is 11.9 Å². The summed E-state index contributed by atoms with van der Waals surface area (Å²) in [7, 11) is 0. The van der Waals surface area contributed by atoms with Crippen molar-refractivity contribution in [3.8, 4) is 0 Å². The Morgan fingerprint density at radius 1 is 1.69 bits per heavy atom. The largest absolute Gasteiger partial charge is 0.353 e. The molecule has 2 heterocycles. The smallest absolute Gasteiger partial charge is 0.220 e. The Morgan fingerprint density at radius 2 is 2.54 bits per heavy atom. The van der Waals surface area contributed by atoms with Gasteiger partial charge in [0, 0.05) is 28.2 Å². The minimum Gasteiger partial charge on any atom is -0.353 e. The van der Waals surface area contributed by atoms with Gasteiger partial charge < -0.3 is 5.32 Å². The summed E-state index contributed by atoms with van der Waals surface area (Å²) in [5, 5.41) is 5.03. The van der Waals surface area contributed by atoms with Gasteiger partial charge in [-0.05, 0) is 33.8 Å². The lowest BCUT2D eigenvalue weighted by Crippen LogP contribution is -2.26. The van der Waals surface area contributed by atoms with Gasteiger partial charge in [-0.15, -0.1) is 11.3 Å². The highest BCUT2D eigenvalue weighted by Gasteiger charge is 2.21. The minimum absolute atomic E-state index is 0.192. The average molecular weight is 260 g/mol. The van der Waals surface area contributed by atoms with Gasteiger partial charge in [0.2, 0.25) is 5.91 Å². The maximum absolute atomic E-state index is 10.9. The summed E-state index contributed by atoms with van der Waals surface area (Å²) in [5.74, 6) is 0.192. The molecule has 2 nitrogen and oxygen atoms in total. The third-order valence-corrected chi connectivity index (χ3v) is 4.16. The molecule has 0 spiro atoms. The van der Waals surface area contributed by atoms with E-state index >= 15 is 0 Å². The van der Waals surface area contributed by atoms with E-state index in [0.717, 1.165) is 12.8 Å². The molecule has 1 aromatic rings. The van der Waals surface area contributed by atoms with Crippen molar-refractivity contribution in [1.29, 1.82) is 0 Å². The third-order valence-electron chi connectivity index (χ3n) is 2.21. The van der Waals surface area contributed by atoms with E-state index in [4.69, 9.17) is 0 Å². The van der Waals surface area contributed by atoms with E-state index in [1.54, 1.807) is 11.3 Å². The second kappa shape index (κ2) is 3.80. The summed E-state index contributed by atoms with van der Waals surface area (Å²) in [4.78, 5) is 12.3. The highest BCUT2D eigenvalue weighted by Crippen LogP contribution is 2.25. The minimum atomic E-state index is 0.192. The van der Waals surface area contributed by atoms with Crippen molar-refractivity contribution in [3.63, 3.8) is 0 Å². The van der Waals surface area contributed by atoms with Gasteiger partial charge in [-0.1, -0.05) is 0 Å². The number of nitrogens with one attached hydrogen (secondary N) is 1. The molecule has 0 aliphatic carbocycles. The van der Waals surface area contributed by atoms with Crippen molar-refractivity contribution in [3.05, 3.63) is 20.8 Å². The van der Waals surface area contributed by atoms with Crippen LogP contribution in [0.1, 0.15) is 17.7 Å². The zero-order chi connectivity index (χ0) is 9.26. The highest BCUT2D eigenvalue weighted by atomic mass is 79.9. The predicted octanol–water partition coefficient (Wildman–Crippen LogP) is 2.33. The van der Waals surface area contributed by atoms with Crippen molar-refractivity contribution >= 4 is 33.2 Å². The Hall–Kier alpha value is -0.350. The molecule has 1 saturated heterocycles. The summed E-state index contributed by atoms with van der Waals surface area (Å²) in [6, 6.07) is 2.40. The van der Waals surface area contributed by atoms with Crippen LogP contribution in [0.3, 0.4) is 0 Å². The molecule has 4 heteroatoms. The zero-order valence-electron chi connectivity index (χ0n) is 7.05. The van der Waals surface area contributed by atoms with Gasteiger partial charge in [-0.3, -0.25) is 4.79 Å². The molecule has 0 radical (unpaired) electrons. The fourth-order valence-corrected chi connectivity index (χ4v) is 3.12. The quantitative estimate of drug-likeness (QED) is 0.868. The van der Waals surface area contributed by atoms with Crippen molar-refractivity contribution in [1.82, 2.24) is 5.32 Å². The second-order valence-corrected chi connectivity index (χ2v) is 5.05. The molecule has 0 aromatic carbocycles. The van der Waals surface area contributed by atoms with Gasteiger partial charge in [0.1, 0.15) is 0 Å². The number of carbonyl (C=O) groups excluding carboxylic acids is 1. The van der Waals surface area contributed by atoms with Crippen LogP contribution in [-0.2, 0) is 11.2 Å². The molecule has 1 atom stereocenters. The molecule has 0 saturated carbocycles. The molecule has 1 N–H and O–H groups in total. The van der Waals surface area contributed by atoms with Crippen LogP contribution in [0.25, 0.3) is 0 Å². The average Bonchev–Trinajstić information content (AvgIpc) is 2.64. The molecule has 70 valence electrons. The molecule has 0 bridgehead atoms. The Bertz CT molecular complexity index is 323. The molecule has 2 rings (SSSR count). The number of amides is 1. The van der Waals surface area contributed by atoms with Crippen molar-refractivity contribution < 1.29 is 4.79 Å². The van der Waals surface area contributed by atoms with Gasteiger partial charge in [-0.2, -0.15) is 0 Å². The summed E-state index contributed by atoms with van der Waals surface area (Å²) in [6.07, 6.45) is 2.63. The highest BCUT2D eigenvalue weighted by molar-refractivity contribution is 9.10. The van der Waals surface area contributed by atoms with Crippen LogP contribution in [0.4, 0.5) is 0 Å². The van der Waals surface area contributed by atoms with Crippen molar-refractivity contribution in [2.75, 3.05) is 0 Å². The van der Waals surface area contributed by atoms with Gasteiger partial charge in [0.25, 0.3) is 0 Å². The maximum Gasteiger partial charge on any atom is 0.220 e. The van der Waals surface area contributed by atoms with Crippen LogP contribution in [0.15, 0.2) is 15.9 Å². The fraction of sp³-hybridized carbons (Fsp3) is 0.444. The first-order valence-corrected chi connectivity index (χ1v) is 5.94. The topological polar surface area (TPSA) is 29.1 Å². The number of carbonyl (C=O) groups is 1. The Balaban J connectivity index is 1.99. The number of hydrogen-bond donors (Lipinski definition) is 1. The first-order chi connectivity index (χ1) is 6.25. The molecule has 1 amide bonds. The Kier molecular flexibility index (Phi) is 2.69. The summed E-state index contributed by atoms with van der Waals surface area (Å²) in [6.45, 7) is 0. The summed E-state index contributed by atoms with van der Waals surface area (Å²) in [5.41, 5.74) is 0. The van der Waals surface area contributed by atoms with Gasteiger partial charge in [0.05, 0.1) is 0 Å². The van der Waals surface area contributed by atoms with E-state index < -0.39 is 0 Å². The Labute approximate surface area is 89.5 Å². The van der Waals surface area contributed by atoms with Crippen LogP contribution < -0.4 is 5.32 Å². The van der Waals surface area contributed by atoms with Gasteiger partial charge in [0.15, 0.2) is 0 Å². The zero-order valence-corrected chi connectivity index (χ0v) is 9.45. The normalized spacial score (nSPS) is 21.9. The molecular weight excluding hydrogens is 250 g/mol. The summed E-state index contributed by atoms with van der Waals surface area (Å²) >= 11 is 5.23. The van der Waals surface area contributed by atoms with E-state index in [1.165, 1.54) is 9.35 Å². The van der Waals surface area contributed by atoms with Crippen molar-refractivity contribution in [2.45, 2.75) is 25.3 Å². The van der Waals surface area contributed by atoms with E-state index in [1.807, 2.05) is 0 Å². The summed E-state index contributed by atoms with van der Waals surface area (Å²) < 4.78 is 1.17. The molecule has 1 aliphatic rings. The lowest BCUT2D eigenvalue weighted by molar-refractivity contribution is -0.119. The molecule has 1 aromatic heterocycles. The molecular formula is C9H10BrNOS. The van der Waals surface area contributed by atoms with E-state index in [9.17, 15) is 4.79 Å². The van der Waals surface area contributed by atoms with Crippen LogP contribution in [0.5, 0.6) is 0 Å². The predicted molar refractivity (Wildman–Crippen MR) is 56.9 cm³/mol.